The fourth-order valence-corrected chi connectivity index (χ4v) is 4.54. The smallest absolute Gasteiger partial charge is 0.255 e. The van der Waals surface area contributed by atoms with Crippen LogP contribution < -0.4 is 16.0 Å². The normalized spacial score (nSPS) is 24.7. The molecule has 32 heavy (non-hydrogen) atoms. The summed E-state index contributed by atoms with van der Waals surface area (Å²) in [6.45, 7) is 1.02. The molecule has 1 aliphatic carbocycles. The van der Waals surface area contributed by atoms with E-state index >= 15 is 0 Å². The van der Waals surface area contributed by atoms with Crippen LogP contribution in [0.3, 0.4) is 0 Å². The molecule has 2 unspecified atom stereocenters. The number of carbonyl (C=O) groups excluding carboxylic acids is 4. The van der Waals surface area contributed by atoms with Crippen molar-refractivity contribution in [2.75, 3.05) is 25.1 Å². The lowest BCUT2D eigenvalue weighted by Crippen LogP contribution is -2.64. The Morgan fingerprint density at radius 3 is 2.44 bits per heavy atom. The molecular weight excluding hydrogens is 412 g/mol. The first kappa shape index (κ1) is 22.3. The molecule has 2 atom stereocenters. The van der Waals surface area contributed by atoms with E-state index < -0.39 is 23.6 Å². The second-order valence-corrected chi connectivity index (χ2v) is 8.62. The monoisotopic (exact) mass is 441 g/mol. The van der Waals surface area contributed by atoms with Gasteiger partial charge in [0.15, 0.2) is 0 Å². The van der Waals surface area contributed by atoms with Crippen molar-refractivity contribution in [3.63, 3.8) is 0 Å². The van der Waals surface area contributed by atoms with Crippen molar-refractivity contribution in [3.05, 3.63) is 36.2 Å². The summed E-state index contributed by atoms with van der Waals surface area (Å²) in [5.41, 5.74) is 5.92. The molecule has 3 fully saturated rings. The lowest BCUT2D eigenvalue weighted by atomic mass is 9.94. The molecule has 171 valence electrons. The number of primary amides is 1. The molecule has 2 heterocycles. The number of amides is 4. The Bertz CT molecular complexity index is 911. The number of methoxy groups -OCH3 is 1. The minimum atomic E-state index is -0.974. The number of hydrogen-bond donors (Lipinski definition) is 2. The van der Waals surface area contributed by atoms with Crippen LogP contribution in [0.15, 0.2) is 24.3 Å². The number of nitrogens with one attached hydrogen (secondary N) is 1. The maximum atomic E-state index is 13.0. The summed E-state index contributed by atoms with van der Waals surface area (Å²) in [4.78, 5) is 53.4. The Kier molecular flexibility index (Phi) is 6.19. The minimum Gasteiger partial charge on any atom is -0.368 e. The van der Waals surface area contributed by atoms with Gasteiger partial charge in [0.05, 0.1) is 6.04 Å². The van der Waals surface area contributed by atoms with Crippen LogP contribution in [0.2, 0.25) is 0 Å². The third kappa shape index (κ3) is 4.21. The Morgan fingerprint density at radius 2 is 1.84 bits per heavy atom. The molecule has 4 rings (SSSR count). The van der Waals surface area contributed by atoms with Gasteiger partial charge >= 0.3 is 0 Å². The third-order valence-electron chi connectivity index (χ3n) is 6.57. The molecule has 2 aliphatic heterocycles. The maximum absolute atomic E-state index is 13.0. The second-order valence-electron chi connectivity index (χ2n) is 8.62. The number of ether oxygens (including phenoxy) is 1. The molecule has 0 spiro atoms. The molecule has 2 saturated heterocycles. The number of hydrogen-bond acceptors (Lipinski definition) is 5. The summed E-state index contributed by atoms with van der Waals surface area (Å²) >= 11 is 0. The molecule has 9 heteroatoms. The summed E-state index contributed by atoms with van der Waals surface area (Å²) < 4.78 is 5.38. The van der Waals surface area contributed by atoms with Crippen molar-refractivity contribution in [1.82, 2.24) is 10.2 Å². The predicted molar refractivity (Wildman–Crippen MR) is 116 cm³/mol. The summed E-state index contributed by atoms with van der Waals surface area (Å²) in [6.07, 6.45) is 5.95. The summed E-state index contributed by atoms with van der Waals surface area (Å²) in [6, 6.07) is 5.13. The quantitative estimate of drug-likeness (QED) is 0.675. The molecule has 9 nitrogen and oxygen atoms in total. The molecule has 3 aliphatic rings. The highest BCUT2D eigenvalue weighted by molar-refractivity contribution is 5.98. The van der Waals surface area contributed by atoms with E-state index in [0.717, 1.165) is 18.5 Å². The average Bonchev–Trinajstić information content (AvgIpc) is 3.60. The Morgan fingerprint density at radius 1 is 1.12 bits per heavy atom. The average molecular weight is 442 g/mol. The first-order valence-corrected chi connectivity index (χ1v) is 11.1. The molecule has 3 N–H and O–H groups in total. The highest BCUT2D eigenvalue weighted by Gasteiger charge is 2.55. The summed E-state index contributed by atoms with van der Waals surface area (Å²) in [7, 11) is 1.49. The number of rotatable bonds is 6. The van der Waals surface area contributed by atoms with E-state index in [1.807, 2.05) is 6.42 Å². The van der Waals surface area contributed by atoms with Gasteiger partial charge in [-0.15, -0.1) is 0 Å². The van der Waals surface area contributed by atoms with E-state index in [9.17, 15) is 19.2 Å². The Labute approximate surface area is 187 Å². The largest absolute Gasteiger partial charge is 0.368 e. The zero-order valence-electron chi connectivity index (χ0n) is 18.2. The number of nitrogens with two attached hydrogens (primary N) is 1. The zero-order chi connectivity index (χ0) is 22.9. The van der Waals surface area contributed by atoms with Crippen molar-refractivity contribution in [1.29, 1.82) is 0 Å². The number of benzene rings is 1. The maximum Gasteiger partial charge on any atom is 0.255 e. The van der Waals surface area contributed by atoms with E-state index in [1.165, 1.54) is 12.0 Å². The fourth-order valence-electron chi connectivity index (χ4n) is 4.54. The summed E-state index contributed by atoms with van der Waals surface area (Å²) in [5.74, 6) is -1.22. The van der Waals surface area contributed by atoms with Crippen LogP contribution in [0.25, 0.3) is 0 Å². The van der Waals surface area contributed by atoms with Gasteiger partial charge in [0.2, 0.25) is 11.8 Å². The number of piperidine rings is 2. The van der Waals surface area contributed by atoms with Gasteiger partial charge in [-0.2, -0.15) is 0 Å². The molecule has 4 amide bonds. The van der Waals surface area contributed by atoms with Gasteiger partial charge in [-0.25, -0.2) is 0 Å². The summed E-state index contributed by atoms with van der Waals surface area (Å²) in [5, 5.41) is 2.84. The second kappa shape index (κ2) is 8.90. The van der Waals surface area contributed by atoms with Gasteiger partial charge in [0.25, 0.3) is 11.8 Å². The number of likely N-dealkylation sites (tertiary alicyclic amines) is 1. The van der Waals surface area contributed by atoms with Crippen molar-refractivity contribution in [2.24, 2.45) is 5.73 Å². The van der Waals surface area contributed by atoms with Crippen molar-refractivity contribution >= 4 is 29.3 Å². The standard InChI is InChI=1S/C23H29N4O5/c1-32-23(11-12-23)22(31)27-14-4-5-17(19(27)20(24)29)25-21(30)15-7-9-16(10-8-15)26-13-3-2-6-18(26)28/h5,7-10,17,19H,2-4,6,11-14H2,1H3,(H2,24,29)(H,25,30). The van der Waals surface area contributed by atoms with Gasteiger partial charge in [-0.05, 0) is 62.8 Å². The molecule has 1 aromatic rings. The van der Waals surface area contributed by atoms with E-state index in [1.54, 1.807) is 29.2 Å². The zero-order valence-corrected chi connectivity index (χ0v) is 18.2. The predicted octanol–water partition coefficient (Wildman–Crippen LogP) is 0.771. The lowest BCUT2D eigenvalue weighted by Gasteiger charge is -2.40. The van der Waals surface area contributed by atoms with Crippen molar-refractivity contribution in [3.8, 4) is 0 Å². The van der Waals surface area contributed by atoms with Crippen LogP contribution in [-0.4, -0.2) is 66.4 Å². The van der Waals surface area contributed by atoms with Crippen LogP contribution in [0.4, 0.5) is 5.69 Å². The molecule has 1 aromatic carbocycles. The first-order chi connectivity index (χ1) is 15.4. The highest BCUT2D eigenvalue weighted by Crippen LogP contribution is 2.41. The molecular formula is C23H29N4O5. The molecule has 1 radical (unpaired) electrons. The van der Waals surface area contributed by atoms with Crippen LogP contribution in [0.5, 0.6) is 0 Å². The molecule has 0 aromatic heterocycles. The van der Waals surface area contributed by atoms with Gasteiger partial charge in [0.1, 0.15) is 11.6 Å². The van der Waals surface area contributed by atoms with E-state index in [4.69, 9.17) is 10.5 Å². The fraction of sp³-hybridized carbons (Fsp3) is 0.522. The third-order valence-corrected chi connectivity index (χ3v) is 6.57. The number of carbonyl (C=O) groups is 4. The van der Waals surface area contributed by atoms with Gasteiger partial charge < -0.3 is 25.6 Å². The van der Waals surface area contributed by atoms with Crippen molar-refractivity contribution in [2.45, 2.75) is 56.2 Å². The minimum absolute atomic E-state index is 0.0869. The van der Waals surface area contributed by atoms with Crippen LogP contribution in [0, 0.1) is 6.42 Å². The van der Waals surface area contributed by atoms with E-state index in [2.05, 4.69) is 5.32 Å². The Hall–Kier alpha value is -2.94. The van der Waals surface area contributed by atoms with Crippen molar-refractivity contribution < 1.29 is 23.9 Å². The van der Waals surface area contributed by atoms with Crippen LogP contribution >= 0.6 is 0 Å². The van der Waals surface area contributed by atoms with E-state index in [-0.39, 0.29) is 17.7 Å². The Balaban J connectivity index is 1.46. The lowest BCUT2D eigenvalue weighted by molar-refractivity contribution is -0.152. The molecule has 1 saturated carbocycles. The van der Waals surface area contributed by atoms with Gasteiger partial charge in [-0.3, -0.25) is 19.2 Å². The van der Waals surface area contributed by atoms with Gasteiger partial charge in [-0.1, -0.05) is 0 Å². The SMILES string of the molecule is COC1(C(=O)N2CC[CH]C(NC(=O)c3ccc(N4CCCCC4=O)cc3)C2C(N)=O)CC1. The highest BCUT2D eigenvalue weighted by atomic mass is 16.5. The number of anilines is 1. The van der Waals surface area contributed by atoms with Crippen LogP contribution in [-0.2, 0) is 19.1 Å². The van der Waals surface area contributed by atoms with Gasteiger partial charge in [0, 0.05) is 37.9 Å². The van der Waals surface area contributed by atoms with E-state index in [0.29, 0.717) is 44.3 Å². The van der Waals surface area contributed by atoms with Crippen LogP contribution in [0.1, 0.15) is 48.9 Å². The first-order valence-electron chi connectivity index (χ1n) is 11.1. The number of nitrogens with zero attached hydrogens (tertiary/aromatic N) is 2. The molecule has 0 bridgehead atoms. The topological polar surface area (TPSA) is 122 Å².